The lowest BCUT2D eigenvalue weighted by molar-refractivity contribution is -0.481. The molecule has 4 rings (SSSR count). The summed E-state index contributed by atoms with van der Waals surface area (Å²) in [7, 11) is 0. The molecule has 134 valence electrons. The van der Waals surface area contributed by atoms with E-state index < -0.39 is 5.92 Å². The van der Waals surface area contributed by atoms with Crippen molar-refractivity contribution in [2.75, 3.05) is 6.54 Å². The number of hydrogen-bond acceptors (Lipinski definition) is 2. The smallest absolute Gasteiger partial charge is 0.214 e. The van der Waals surface area contributed by atoms with E-state index in [4.69, 9.17) is 0 Å². The summed E-state index contributed by atoms with van der Waals surface area (Å²) in [5, 5.41) is 12.4. The van der Waals surface area contributed by atoms with E-state index in [2.05, 4.69) is 4.98 Å². The van der Waals surface area contributed by atoms with Gasteiger partial charge in [0.1, 0.15) is 5.82 Å². The number of benzene rings is 3. The standard InChI is InChI=1S/C22H17FN2O2/c23-17-10-6-9-16(13-17)22-21(18-11-4-5-12-20(18)24-22)19(14-25(26)27)15-7-2-1-3-8-15/h1-13,19,24H,14H2. The fraction of sp³-hybridized carbons (Fsp3) is 0.0909. The number of halogens is 1. The summed E-state index contributed by atoms with van der Waals surface area (Å²) in [6, 6.07) is 23.4. The molecule has 1 heterocycles. The maximum absolute atomic E-state index is 13.9. The molecule has 27 heavy (non-hydrogen) atoms. The van der Waals surface area contributed by atoms with Crippen molar-refractivity contribution in [3.63, 3.8) is 0 Å². The highest BCUT2D eigenvalue weighted by atomic mass is 19.1. The molecule has 0 bridgehead atoms. The number of aromatic amines is 1. The number of H-pyrrole nitrogens is 1. The third-order valence-electron chi connectivity index (χ3n) is 4.74. The largest absolute Gasteiger partial charge is 0.354 e. The molecule has 0 aliphatic rings. The Morgan fingerprint density at radius 2 is 1.70 bits per heavy atom. The van der Waals surface area contributed by atoms with E-state index >= 15 is 0 Å². The van der Waals surface area contributed by atoms with E-state index in [-0.39, 0.29) is 17.3 Å². The van der Waals surface area contributed by atoms with E-state index in [1.807, 2.05) is 60.7 Å². The van der Waals surface area contributed by atoms with Crippen LogP contribution >= 0.6 is 0 Å². The number of nitrogens with one attached hydrogen (secondary N) is 1. The van der Waals surface area contributed by atoms with Gasteiger partial charge in [0, 0.05) is 21.4 Å². The van der Waals surface area contributed by atoms with Crippen molar-refractivity contribution in [3.05, 3.63) is 106 Å². The lowest BCUT2D eigenvalue weighted by Gasteiger charge is -2.16. The number of aromatic nitrogens is 1. The van der Waals surface area contributed by atoms with Crippen LogP contribution in [0.4, 0.5) is 4.39 Å². The number of rotatable bonds is 5. The van der Waals surface area contributed by atoms with Crippen molar-refractivity contribution in [3.8, 4) is 11.3 Å². The zero-order valence-corrected chi connectivity index (χ0v) is 14.4. The van der Waals surface area contributed by atoms with Crippen LogP contribution in [0, 0.1) is 15.9 Å². The molecule has 4 aromatic rings. The minimum Gasteiger partial charge on any atom is -0.354 e. The van der Waals surface area contributed by atoms with E-state index in [1.165, 1.54) is 12.1 Å². The Morgan fingerprint density at radius 3 is 2.44 bits per heavy atom. The average Bonchev–Trinajstić information content (AvgIpc) is 3.06. The van der Waals surface area contributed by atoms with Gasteiger partial charge in [-0.1, -0.05) is 60.7 Å². The number of nitrogens with zero attached hydrogens (tertiary/aromatic N) is 1. The second-order valence-electron chi connectivity index (χ2n) is 6.45. The molecule has 4 nitrogen and oxygen atoms in total. The molecule has 0 saturated carbocycles. The molecule has 1 aromatic heterocycles. The number of hydrogen-bond donors (Lipinski definition) is 1. The van der Waals surface area contributed by atoms with Crippen LogP contribution in [0.5, 0.6) is 0 Å². The second-order valence-corrected chi connectivity index (χ2v) is 6.45. The predicted octanol–water partition coefficient (Wildman–Crippen LogP) is 5.38. The highest BCUT2D eigenvalue weighted by molar-refractivity contribution is 5.92. The van der Waals surface area contributed by atoms with Crippen molar-refractivity contribution >= 4 is 10.9 Å². The quantitative estimate of drug-likeness (QED) is 0.383. The molecule has 3 aromatic carbocycles. The Balaban J connectivity index is 2.00. The number of para-hydroxylation sites is 1. The zero-order valence-electron chi connectivity index (χ0n) is 14.4. The van der Waals surface area contributed by atoms with E-state index in [9.17, 15) is 14.5 Å². The minimum absolute atomic E-state index is 0.242. The van der Waals surface area contributed by atoms with Crippen molar-refractivity contribution in [1.29, 1.82) is 0 Å². The summed E-state index contributed by atoms with van der Waals surface area (Å²) >= 11 is 0. The average molecular weight is 360 g/mol. The highest BCUT2D eigenvalue weighted by Gasteiger charge is 2.27. The van der Waals surface area contributed by atoms with Gasteiger partial charge in [0.25, 0.3) is 0 Å². The third-order valence-corrected chi connectivity index (χ3v) is 4.74. The fourth-order valence-corrected chi connectivity index (χ4v) is 3.60. The SMILES string of the molecule is O=[N+]([O-])CC(c1ccccc1)c1c(-c2cccc(F)c2)[nH]c2ccccc12. The van der Waals surface area contributed by atoms with Crippen LogP contribution in [0.15, 0.2) is 78.9 Å². The van der Waals surface area contributed by atoms with Gasteiger partial charge in [-0.3, -0.25) is 10.1 Å². The van der Waals surface area contributed by atoms with E-state index in [0.717, 1.165) is 22.0 Å². The summed E-state index contributed by atoms with van der Waals surface area (Å²) in [4.78, 5) is 14.5. The Morgan fingerprint density at radius 1 is 0.963 bits per heavy atom. The fourth-order valence-electron chi connectivity index (χ4n) is 3.60. The van der Waals surface area contributed by atoms with Gasteiger partial charge in [0.05, 0.1) is 11.6 Å². The topological polar surface area (TPSA) is 58.9 Å². The maximum Gasteiger partial charge on any atom is 0.214 e. The van der Waals surface area contributed by atoms with E-state index in [1.54, 1.807) is 6.07 Å². The van der Waals surface area contributed by atoms with E-state index in [0.29, 0.717) is 11.3 Å². The van der Waals surface area contributed by atoms with Gasteiger partial charge in [-0.05, 0) is 29.3 Å². The molecule has 0 radical (unpaired) electrons. The van der Waals surface area contributed by atoms with Crippen LogP contribution in [-0.2, 0) is 0 Å². The van der Waals surface area contributed by atoms with Gasteiger partial charge in [0.2, 0.25) is 6.54 Å². The Kier molecular flexibility index (Phi) is 4.42. The van der Waals surface area contributed by atoms with Gasteiger partial charge >= 0.3 is 0 Å². The van der Waals surface area contributed by atoms with Gasteiger partial charge < -0.3 is 4.98 Å². The summed E-state index contributed by atoms with van der Waals surface area (Å²) in [5.41, 5.74) is 3.93. The lowest BCUT2D eigenvalue weighted by atomic mass is 9.87. The molecule has 1 N–H and O–H groups in total. The summed E-state index contributed by atoms with van der Waals surface area (Å²) in [6.45, 7) is -0.242. The molecule has 5 heteroatoms. The molecule has 0 saturated heterocycles. The van der Waals surface area contributed by atoms with Gasteiger partial charge in [-0.15, -0.1) is 0 Å². The molecule has 0 aliphatic heterocycles. The first-order chi connectivity index (χ1) is 13.1. The third kappa shape index (κ3) is 3.31. The van der Waals surface area contributed by atoms with Gasteiger partial charge in [-0.25, -0.2) is 4.39 Å². The van der Waals surface area contributed by atoms with Crippen molar-refractivity contribution in [2.45, 2.75) is 5.92 Å². The molecular formula is C22H17FN2O2. The first kappa shape index (κ1) is 17.0. The molecule has 0 amide bonds. The predicted molar refractivity (Wildman–Crippen MR) is 104 cm³/mol. The molecule has 1 atom stereocenters. The first-order valence-electron chi connectivity index (χ1n) is 8.67. The van der Waals surface area contributed by atoms with Crippen LogP contribution in [-0.4, -0.2) is 16.5 Å². The first-order valence-corrected chi connectivity index (χ1v) is 8.67. The van der Waals surface area contributed by atoms with Gasteiger partial charge in [-0.2, -0.15) is 0 Å². The molecule has 0 spiro atoms. The van der Waals surface area contributed by atoms with Crippen LogP contribution in [0.3, 0.4) is 0 Å². The van der Waals surface area contributed by atoms with Gasteiger partial charge in [0.15, 0.2) is 0 Å². The van der Waals surface area contributed by atoms with Crippen LogP contribution in [0.1, 0.15) is 17.0 Å². The number of nitro groups is 1. The molecular weight excluding hydrogens is 343 g/mol. The van der Waals surface area contributed by atoms with Crippen molar-refractivity contribution in [1.82, 2.24) is 4.98 Å². The molecule has 0 aliphatic carbocycles. The Bertz CT molecular complexity index is 1110. The summed E-state index contributed by atoms with van der Waals surface area (Å²) in [5.74, 6) is -0.793. The Hall–Kier alpha value is -3.47. The highest BCUT2D eigenvalue weighted by Crippen LogP contribution is 2.39. The lowest BCUT2D eigenvalue weighted by Crippen LogP contribution is -2.14. The van der Waals surface area contributed by atoms with Crippen LogP contribution in [0.2, 0.25) is 0 Å². The second kappa shape index (κ2) is 7.03. The zero-order chi connectivity index (χ0) is 18.8. The van der Waals surface area contributed by atoms with Crippen molar-refractivity contribution in [2.24, 2.45) is 0 Å². The minimum atomic E-state index is -0.449. The summed E-state index contributed by atoms with van der Waals surface area (Å²) in [6.07, 6.45) is 0. The van der Waals surface area contributed by atoms with Crippen LogP contribution in [0.25, 0.3) is 22.2 Å². The molecule has 0 fully saturated rings. The van der Waals surface area contributed by atoms with Crippen molar-refractivity contribution < 1.29 is 9.31 Å². The molecule has 1 unspecified atom stereocenters. The normalized spacial score (nSPS) is 12.2. The number of fused-ring (bicyclic) bond motifs is 1. The monoisotopic (exact) mass is 360 g/mol. The maximum atomic E-state index is 13.9. The van der Waals surface area contributed by atoms with Crippen LogP contribution < -0.4 is 0 Å². The summed E-state index contributed by atoms with van der Waals surface area (Å²) < 4.78 is 13.9. The Labute approximate surface area is 155 Å².